The van der Waals surface area contributed by atoms with Gasteiger partial charge in [0.05, 0.1) is 4.90 Å². The molecule has 174 valence electrons. The summed E-state index contributed by atoms with van der Waals surface area (Å²) in [5.74, 6) is -0.652. The molecule has 33 heavy (non-hydrogen) atoms. The molecule has 0 aromatic heterocycles. The summed E-state index contributed by atoms with van der Waals surface area (Å²) in [5.41, 5.74) is 1.73. The van der Waals surface area contributed by atoms with Crippen molar-refractivity contribution in [3.63, 3.8) is 0 Å². The Bertz CT molecular complexity index is 1170. The maximum atomic E-state index is 13.0. The molecule has 2 aromatic rings. The van der Waals surface area contributed by atoms with Crippen LogP contribution in [-0.2, 0) is 14.8 Å². The number of hydrogen-bond acceptors (Lipinski definition) is 5. The van der Waals surface area contributed by atoms with Crippen LogP contribution in [0, 0.1) is 5.92 Å². The molecule has 0 radical (unpaired) electrons. The van der Waals surface area contributed by atoms with Gasteiger partial charge < -0.3 is 10.6 Å². The number of carbonyl (C=O) groups is 3. The van der Waals surface area contributed by atoms with Crippen LogP contribution in [-0.4, -0.2) is 56.6 Å². The average Bonchev–Trinajstić information content (AvgIpc) is 3.25. The van der Waals surface area contributed by atoms with Crippen molar-refractivity contribution >= 4 is 39.1 Å². The largest absolute Gasteiger partial charge is 0.336 e. The maximum absolute atomic E-state index is 13.0. The van der Waals surface area contributed by atoms with Crippen LogP contribution >= 0.6 is 0 Å². The van der Waals surface area contributed by atoms with Gasteiger partial charge in [-0.2, -0.15) is 4.31 Å². The fourth-order valence-corrected chi connectivity index (χ4v) is 5.59. The topological polar surface area (TPSA) is 116 Å². The van der Waals surface area contributed by atoms with E-state index in [1.54, 1.807) is 41.3 Å². The van der Waals surface area contributed by atoms with Gasteiger partial charge in [0.15, 0.2) is 5.78 Å². The van der Waals surface area contributed by atoms with Crippen molar-refractivity contribution in [2.24, 2.45) is 5.92 Å². The van der Waals surface area contributed by atoms with E-state index in [4.69, 9.17) is 0 Å². The Morgan fingerprint density at radius 2 is 1.73 bits per heavy atom. The first kappa shape index (κ1) is 22.9. The predicted octanol–water partition coefficient (Wildman–Crippen LogP) is 2.46. The number of piperidine rings is 1. The molecule has 0 aliphatic carbocycles. The van der Waals surface area contributed by atoms with Gasteiger partial charge in [-0.3, -0.25) is 14.5 Å². The first-order valence-corrected chi connectivity index (χ1v) is 12.3. The third kappa shape index (κ3) is 4.91. The molecule has 10 heteroatoms. The van der Waals surface area contributed by atoms with Crippen LogP contribution in [0.15, 0.2) is 53.4 Å². The van der Waals surface area contributed by atoms with Crippen LogP contribution in [0.2, 0.25) is 0 Å². The molecule has 0 spiro atoms. The zero-order valence-corrected chi connectivity index (χ0v) is 19.1. The van der Waals surface area contributed by atoms with E-state index < -0.39 is 10.0 Å². The maximum Gasteiger partial charge on any atom is 0.321 e. The van der Waals surface area contributed by atoms with Crippen molar-refractivity contribution < 1.29 is 22.8 Å². The fourth-order valence-electron chi connectivity index (χ4n) is 4.07. The van der Waals surface area contributed by atoms with Gasteiger partial charge in [-0.1, -0.05) is 12.1 Å². The molecular weight excluding hydrogens is 444 g/mol. The van der Waals surface area contributed by atoms with Gasteiger partial charge in [0.25, 0.3) is 0 Å². The van der Waals surface area contributed by atoms with Gasteiger partial charge in [-0.25, -0.2) is 13.2 Å². The lowest BCUT2D eigenvalue weighted by Crippen LogP contribution is -2.41. The Balaban J connectivity index is 1.35. The molecule has 2 aliphatic rings. The second-order valence-electron chi connectivity index (χ2n) is 8.18. The molecule has 9 nitrogen and oxygen atoms in total. The summed E-state index contributed by atoms with van der Waals surface area (Å²) in [6, 6.07) is 13.0. The molecule has 2 heterocycles. The summed E-state index contributed by atoms with van der Waals surface area (Å²) in [4.78, 5) is 37.8. The molecule has 0 atom stereocenters. The average molecular weight is 471 g/mol. The Labute approximate surface area is 192 Å². The number of carbonyl (C=O) groups excluding carboxylic acids is 3. The molecular formula is C23H26N4O5S. The van der Waals surface area contributed by atoms with E-state index >= 15 is 0 Å². The van der Waals surface area contributed by atoms with E-state index in [0.29, 0.717) is 37.2 Å². The van der Waals surface area contributed by atoms with E-state index in [9.17, 15) is 22.8 Å². The summed E-state index contributed by atoms with van der Waals surface area (Å²) in [7, 11) is -3.73. The van der Waals surface area contributed by atoms with Gasteiger partial charge in [0, 0.05) is 49.0 Å². The lowest BCUT2D eigenvalue weighted by molar-refractivity contribution is -0.120. The Morgan fingerprint density at radius 3 is 2.33 bits per heavy atom. The third-order valence-corrected chi connectivity index (χ3v) is 7.90. The van der Waals surface area contributed by atoms with Crippen molar-refractivity contribution in [3.8, 4) is 0 Å². The number of Topliss-reactive ketones (excluding diaryl/α,β-unsaturated/α-hetero) is 1. The monoisotopic (exact) mass is 470 g/mol. The first-order chi connectivity index (χ1) is 15.8. The SMILES string of the molecule is CC(=O)c1cccc(S(=O)(=O)N2CCC(C(=O)Nc3ccc(N4CCNC4=O)cc3)CC2)c1. The van der Waals surface area contributed by atoms with Crippen LogP contribution < -0.4 is 15.5 Å². The van der Waals surface area contributed by atoms with Gasteiger partial charge in [-0.05, 0) is 56.2 Å². The number of nitrogens with one attached hydrogen (secondary N) is 2. The van der Waals surface area contributed by atoms with Crippen LogP contribution in [0.3, 0.4) is 0 Å². The van der Waals surface area contributed by atoms with Crippen molar-refractivity contribution in [2.75, 3.05) is 36.4 Å². The Kier molecular flexibility index (Phi) is 6.48. The van der Waals surface area contributed by atoms with E-state index in [2.05, 4.69) is 10.6 Å². The molecule has 2 N–H and O–H groups in total. The van der Waals surface area contributed by atoms with Gasteiger partial charge in [0.1, 0.15) is 0 Å². The molecule has 2 aromatic carbocycles. The first-order valence-electron chi connectivity index (χ1n) is 10.8. The number of urea groups is 1. The summed E-state index contributed by atoms with van der Waals surface area (Å²) < 4.78 is 27.3. The second kappa shape index (κ2) is 9.32. The highest BCUT2D eigenvalue weighted by molar-refractivity contribution is 7.89. The summed E-state index contributed by atoms with van der Waals surface area (Å²) >= 11 is 0. The number of anilines is 2. The smallest absolute Gasteiger partial charge is 0.321 e. The molecule has 2 fully saturated rings. The zero-order valence-electron chi connectivity index (χ0n) is 18.3. The predicted molar refractivity (Wildman–Crippen MR) is 124 cm³/mol. The van der Waals surface area contributed by atoms with Crippen LogP contribution in [0.4, 0.5) is 16.2 Å². The Hall–Kier alpha value is -3.24. The molecule has 4 rings (SSSR count). The number of rotatable bonds is 6. The van der Waals surface area contributed by atoms with E-state index in [1.165, 1.54) is 23.4 Å². The molecule has 2 aliphatic heterocycles. The third-order valence-electron chi connectivity index (χ3n) is 6.01. The number of benzene rings is 2. The summed E-state index contributed by atoms with van der Waals surface area (Å²) in [6.45, 7) is 3.06. The highest BCUT2D eigenvalue weighted by atomic mass is 32.2. The lowest BCUT2D eigenvalue weighted by Gasteiger charge is -2.30. The summed E-state index contributed by atoms with van der Waals surface area (Å²) in [5, 5.41) is 5.63. The van der Waals surface area contributed by atoms with Crippen LogP contribution in [0.5, 0.6) is 0 Å². The minimum absolute atomic E-state index is 0.0878. The fraction of sp³-hybridized carbons (Fsp3) is 0.348. The standard InChI is InChI=1S/C23H26N4O5S/c1-16(28)18-3-2-4-21(15-18)33(31,32)26-12-9-17(10-13-26)22(29)25-19-5-7-20(8-6-19)27-14-11-24-23(27)30/h2-8,15,17H,9-14H2,1H3,(H,24,30)(H,25,29). The number of ketones is 1. The normalized spacial score (nSPS) is 17.6. The molecule has 3 amide bonds. The minimum atomic E-state index is -3.73. The van der Waals surface area contributed by atoms with E-state index in [-0.39, 0.29) is 41.6 Å². The number of hydrogen-bond donors (Lipinski definition) is 2. The van der Waals surface area contributed by atoms with Crippen molar-refractivity contribution in [1.82, 2.24) is 9.62 Å². The molecule has 0 unspecified atom stereocenters. The van der Waals surface area contributed by atoms with Gasteiger partial charge in [-0.15, -0.1) is 0 Å². The van der Waals surface area contributed by atoms with E-state index in [0.717, 1.165) is 5.69 Å². The number of sulfonamides is 1. The summed E-state index contributed by atoms with van der Waals surface area (Å²) in [6.07, 6.45) is 0.812. The highest BCUT2D eigenvalue weighted by Gasteiger charge is 2.32. The lowest BCUT2D eigenvalue weighted by atomic mass is 9.97. The molecule has 0 saturated carbocycles. The second-order valence-corrected chi connectivity index (χ2v) is 10.1. The van der Waals surface area contributed by atoms with Crippen LogP contribution in [0.1, 0.15) is 30.1 Å². The van der Waals surface area contributed by atoms with Crippen molar-refractivity contribution in [1.29, 1.82) is 0 Å². The quantitative estimate of drug-likeness (QED) is 0.629. The zero-order chi connectivity index (χ0) is 23.6. The number of amides is 3. The van der Waals surface area contributed by atoms with Gasteiger partial charge >= 0.3 is 6.03 Å². The molecule has 2 saturated heterocycles. The minimum Gasteiger partial charge on any atom is -0.336 e. The molecule has 0 bridgehead atoms. The highest BCUT2D eigenvalue weighted by Crippen LogP contribution is 2.26. The van der Waals surface area contributed by atoms with E-state index in [1.807, 2.05) is 0 Å². The van der Waals surface area contributed by atoms with Gasteiger partial charge in [0.2, 0.25) is 15.9 Å². The Morgan fingerprint density at radius 1 is 1.03 bits per heavy atom. The van der Waals surface area contributed by atoms with Crippen molar-refractivity contribution in [2.45, 2.75) is 24.7 Å². The van der Waals surface area contributed by atoms with Crippen molar-refractivity contribution in [3.05, 3.63) is 54.1 Å². The number of nitrogens with zero attached hydrogens (tertiary/aromatic N) is 2. The van der Waals surface area contributed by atoms with Crippen LogP contribution in [0.25, 0.3) is 0 Å².